The van der Waals surface area contributed by atoms with Crippen molar-refractivity contribution in [1.82, 2.24) is 4.98 Å². The van der Waals surface area contributed by atoms with Gasteiger partial charge >= 0.3 is 6.18 Å². The van der Waals surface area contributed by atoms with E-state index in [4.69, 9.17) is 9.47 Å². The molecule has 0 spiro atoms. The first kappa shape index (κ1) is 20.5. The molecule has 1 heterocycles. The smallest absolute Gasteiger partial charge is 0.416 e. The number of alkyl halides is 3. The van der Waals surface area contributed by atoms with E-state index in [9.17, 15) is 13.2 Å². The number of benzene rings is 3. The van der Waals surface area contributed by atoms with Crippen LogP contribution >= 0.6 is 0 Å². The topological polar surface area (TPSA) is 43.4 Å². The fourth-order valence-corrected chi connectivity index (χ4v) is 3.18. The number of anilines is 2. The molecule has 0 fully saturated rings. The highest BCUT2D eigenvalue weighted by atomic mass is 19.4. The van der Waals surface area contributed by atoms with Crippen LogP contribution in [0.2, 0.25) is 0 Å². The Balaban J connectivity index is 1.53. The number of rotatable bonds is 5. The van der Waals surface area contributed by atoms with Crippen molar-refractivity contribution in [2.24, 2.45) is 0 Å². The molecular formula is C24H19F3N2O2. The molecule has 0 aliphatic heterocycles. The number of fused-ring (bicyclic) bond motifs is 1. The van der Waals surface area contributed by atoms with Crippen LogP contribution < -0.4 is 14.8 Å². The van der Waals surface area contributed by atoms with Crippen LogP contribution in [0.1, 0.15) is 11.3 Å². The zero-order valence-electron chi connectivity index (χ0n) is 16.8. The van der Waals surface area contributed by atoms with Crippen LogP contribution in [0.4, 0.5) is 24.5 Å². The number of aryl methyl sites for hydroxylation is 1. The first-order valence-corrected chi connectivity index (χ1v) is 9.49. The molecule has 0 atom stereocenters. The van der Waals surface area contributed by atoms with Gasteiger partial charge in [-0.05, 0) is 79.7 Å². The monoisotopic (exact) mass is 424 g/mol. The van der Waals surface area contributed by atoms with Gasteiger partial charge in [-0.1, -0.05) is 0 Å². The van der Waals surface area contributed by atoms with Crippen LogP contribution in [0.3, 0.4) is 0 Å². The maximum atomic E-state index is 12.7. The lowest BCUT2D eigenvalue weighted by atomic mass is 10.1. The molecule has 4 rings (SSSR count). The Morgan fingerprint density at radius 2 is 1.42 bits per heavy atom. The van der Waals surface area contributed by atoms with Crippen molar-refractivity contribution in [1.29, 1.82) is 0 Å². The van der Waals surface area contributed by atoms with Crippen molar-refractivity contribution < 1.29 is 22.6 Å². The number of pyridine rings is 1. The van der Waals surface area contributed by atoms with Gasteiger partial charge in [-0.25, -0.2) is 0 Å². The third-order valence-corrected chi connectivity index (χ3v) is 4.69. The van der Waals surface area contributed by atoms with Gasteiger partial charge in [0.2, 0.25) is 0 Å². The third-order valence-electron chi connectivity index (χ3n) is 4.69. The Labute approximate surface area is 177 Å². The maximum absolute atomic E-state index is 12.7. The van der Waals surface area contributed by atoms with E-state index < -0.39 is 11.7 Å². The molecule has 0 unspecified atom stereocenters. The van der Waals surface area contributed by atoms with Crippen molar-refractivity contribution in [2.75, 3.05) is 12.4 Å². The number of halogens is 3. The minimum atomic E-state index is -4.37. The summed E-state index contributed by atoms with van der Waals surface area (Å²) >= 11 is 0. The molecule has 0 saturated carbocycles. The number of ether oxygens (including phenoxy) is 2. The highest BCUT2D eigenvalue weighted by molar-refractivity contribution is 5.94. The SMILES string of the molecule is COc1ccc2nc(C)cc(Nc3ccc(Oc4ccc(C(F)(F)F)cc4)cc3)c2c1. The summed E-state index contributed by atoms with van der Waals surface area (Å²) in [5, 5.41) is 4.30. The Hall–Kier alpha value is -3.74. The van der Waals surface area contributed by atoms with Crippen LogP contribution in [-0.2, 0) is 6.18 Å². The summed E-state index contributed by atoms with van der Waals surface area (Å²) in [6.45, 7) is 1.93. The van der Waals surface area contributed by atoms with Crippen LogP contribution in [0.15, 0.2) is 72.8 Å². The molecule has 0 radical (unpaired) electrons. The Morgan fingerprint density at radius 3 is 2.03 bits per heavy atom. The number of hydrogen-bond donors (Lipinski definition) is 1. The largest absolute Gasteiger partial charge is 0.497 e. The second-order valence-electron chi connectivity index (χ2n) is 6.97. The minimum Gasteiger partial charge on any atom is -0.497 e. The molecule has 0 bridgehead atoms. The second kappa shape index (κ2) is 8.18. The van der Waals surface area contributed by atoms with Gasteiger partial charge in [0.05, 0.1) is 18.2 Å². The van der Waals surface area contributed by atoms with E-state index in [-0.39, 0.29) is 0 Å². The van der Waals surface area contributed by atoms with Crippen molar-refractivity contribution in [2.45, 2.75) is 13.1 Å². The van der Waals surface area contributed by atoms with E-state index in [0.717, 1.165) is 45.9 Å². The van der Waals surface area contributed by atoms with E-state index in [2.05, 4.69) is 10.3 Å². The molecule has 1 N–H and O–H groups in total. The number of aromatic nitrogens is 1. The Morgan fingerprint density at radius 1 is 0.806 bits per heavy atom. The molecule has 7 heteroatoms. The van der Waals surface area contributed by atoms with E-state index in [1.54, 1.807) is 19.2 Å². The first-order chi connectivity index (χ1) is 14.8. The summed E-state index contributed by atoms with van der Waals surface area (Å²) in [6.07, 6.45) is -4.37. The lowest BCUT2D eigenvalue weighted by Gasteiger charge is -2.13. The van der Waals surface area contributed by atoms with Gasteiger partial charge in [0.25, 0.3) is 0 Å². The average molecular weight is 424 g/mol. The molecular weight excluding hydrogens is 405 g/mol. The summed E-state index contributed by atoms with van der Waals surface area (Å²) in [4.78, 5) is 4.55. The second-order valence-corrected chi connectivity index (χ2v) is 6.97. The third kappa shape index (κ3) is 4.71. The van der Waals surface area contributed by atoms with Gasteiger partial charge in [-0.2, -0.15) is 13.2 Å². The highest BCUT2D eigenvalue weighted by Gasteiger charge is 2.30. The zero-order valence-corrected chi connectivity index (χ0v) is 16.8. The van der Waals surface area contributed by atoms with Crippen molar-refractivity contribution >= 4 is 22.3 Å². The number of hydrogen-bond acceptors (Lipinski definition) is 4. The summed E-state index contributed by atoms with van der Waals surface area (Å²) in [6, 6.07) is 19.4. The molecule has 1 aromatic heterocycles. The molecule has 31 heavy (non-hydrogen) atoms. The van der Waals surface area contributed by atoms with Crippen LogP contribution in [0, 0.1) is 6.92 Å². The Bertz CT molecular complexity index is 1200. The molecule has 4 aromatic rings. The number of nitrogens with one attached hydrogen (secondary N) is 1. The molecule has 4 nitrogen and oxygen atoms in total. The van der Waals surface area contributed by atoms with E-state index >= 15 is 0 Å². The molecule has 158 valence electrons. The van der Waals surface area contributed by atoms with E-state index in [1.807, 2.05) is 43.3 Å². The summed E-state index contributed by atoms with van der Waals surface area (Å²) in [5.41, 5.74) is 2.73. The molecule has 0 saturated heterocycles. The van der Waals surface area contributed by atoms with Gasteiger partial charge in [0.1, 0.15) is 17.2 Å². The lowest BCUT2D eigenvalue weighted by Crippen LogP contribution is -2.03. The summed E-state index contributed by atoms with van der Waals surface area (Å²) in [5.74, 6) is 1.58. The van der Waals surface area contributed by atoms with Gasteiger partial charge in [0, 0.05) is 22.5 Å². The Kier molecular flexibility index (Phi) is 5.42. The molecule has 0 aliphatic carbocycles. The average Bonchev–Trinajstić information content (AvgIpc) is 2.74. The quantitative estimate of drug-likeness (QED) is 0.371. The lowest BCUT2D eigenvalue weighted by molar-refractivity contribution is -0.137. The van der Waals surface area contributed by atoms with Gasteiger partial charge in [-0.3, -0.25) is 4.98 Å². The predicted molar refractivity (Wildman–Crippen MR) is 114 cm³/mol. The van der Waals surface area contributed by atoms with E-state index in [1.165, 1.54) is 12.1 Å². The van der Waals surface area contributed by atoms with Crippen molar-refractivity contribution in [3.05, 3.63) is 84.1 Å². The van der Waals surface area contributed by atoms with Gasteiger partial charge in [-0.15, -0.1) is 0 Å². The fraction of sp³-hybridized carbons (Fsp3) is 0.125. The zero-order chi connectivity index (χ0) is 22.0. The van der Waals surface area contributed by atoms with Crippen LogP contribution in [-0.4, -0.2) is 12.1 Å². The summed E-state index contributed by atoms with van der Waals surface area (Å²) < 4.78 is 49.0. The number of nitrogens with zero attached hydrogens (tertiary/aromatic N) is 1. The van der Waals surface area contributed by atoms with Gasteiger partial charge < -0.3 is 14.8 Å². The maximum Gasteiger partial charge on any atom is 0.416 e. The molecule has 0 amide bonds. The number of methoxy groups -OCH3 is 1. The van der Waals surface area contributed by atoms with Gasteiger partial charge in [0.15, 0.2) is 0 Å². The normalized spacial score (nSPS) is 11.4. The van der Waals surface area contributed by atoms with E-state index in [0.29, 0.717) is 11.5 Å². The van der Waals surface area contributed by atoms with Crippen LogP contribution in [0.25, 0.3) is 10.9 Å². The molecule has 0 aliphatic rings. The van der Waals surface area contributed by atoms with Crippen molar-refractivity contribution in [3.8, 4) is 17.2 Å². The minimum absolute atomic E-state index is 0.330. The van der Waals surface area contributed by atoms with Crippen LogP contribution in [0.5, 0.6) is 17.2 Å². The standard InChI is InChI=1S/C24H19F3N2O2/c1-15-13-23(21-14-20(30-2)11-12-22(21)28-15)29-17-5-9-19(10-6-17)31-18-7-3-16(4-8-18)24(25,26)27/h3-14H,1-2H3,(H,28,29). The molecule has 3 aromatic carbocycles. The fourth-order valence-electron chi connectivity index (χ4n) is 3.18. The first-order valence-electron chi connectivity index (χ1n) is 9.49. The van der Waals surface area contributed by atoms with Crippen molar-refractivity contribution in [3.63, 3.8) is 0 Å². The highest BCUT2D eigenvalue weighted by Crippen LogP contribution is 2.33. The summed E-state index contributed by atoms with van der Waals surface area (Å²) in [7, 11) is 1.62. The predicted octanol–water partition coefficient (Wildman–Crippen LogP) is 7.11.